The van der Waals surface area contributed by atoms with E-state index in [1.54, 1.807) is 23.6 Å². The number of benzene rings is 1. The third kappa shape index (κ3) is 4.79. The van der Waals surface area contributed by atoms with E-state index in [0.717, 1.165) is 22.0 Å². The van der Waals surface area contributed by atoms with Crippen molar-refractivity contribution in [3.63, 3.8) is 0 Å². The molecular formula is C16H21FN2OS. The molecule has 114 valence electrons. The maximum Gasteiger partial charge on any atom is 0.165 e. The second kappa shape index (κ2) is 7.52. The molecular weight excluding hydrogens is 287 g/mol. The lowest BCUT2D eigenvalue weighted by atomic mass is 10.1. The number of para-hydroxylation sites is 1. The van der Waals surface area contributed by atoms with Crippen molar-refractivity contribution in [2.45, 2.75) is 33.9 Å². The second-order valence-corrected chi connectivity index (χ2v) is 6.71. The van der Waals surface area contributed by atoms with Crippen LogP contribution in [0.25, 0.3) is 0 Å². The smallest absolute Gasteiger partial charge is 0.165 e. The standard InChI is InChI=1S/C16H21FN2OS/c1-11(2)7-18-8-13-5-4-6-15(17)16(13)20-10-14-9-19-12(3)21-14/h4-6,9,11,18H,7-8,10H2,1-3H3. The van der Waals surface area contributed by atoms with E-state index in [1.165, 1.54) is 6.07 Å². The summed E-state index contributed by atoms with van der Waals surface area (Å²) in [6, 6.07) is 5.04. The third-order valence-electron chi connectivity index (χ3n) is 2.94. The van der Waals surface area contributed by atoms with E-state index in [0.29, 0.717) is 24.8 Å². The lowest BCUT2D eigenvalue weighted by Crippen LogP contribution is -2.19. The Morgan fingerprint density at radius 2 is 2.19 bits per heavy atom. The summed E-state index contributed by atoms with van der Waals surface area (Å²) >= 11 is 1.57. The van der Waals surface area contributed by atoms with Crippen LogP contribution in [-0.2, 0) is 13.2 Å². The van der Waals surface area contributed by atoms with Crippen molar-refractivity contribution < 1.29 is 9.13 Å². The van der Waals surface area contributed by atoms with Crippen molar-refractivity contribution in [1.29, 1.82) is 0 Å². The first-order valence-corrected chi connectivity index (χ1v) is 7.90. The summed E-state index contributed by atoms with van der Waals surface area (Å²) in [5, 5.41) is 4.30. The number of aromatic nitrogens is 1. The van der Waals surface area contributed by atoms with Crippen LogP contribution in [-0.4, -0.2) is 11.5 Å². The molecule has 0 spiro atoms. The van der Waals surface area contributed by atoms with Crippen LogP contribution in [0.3, 0.4) is 0 Å². The van der Waals surface area contributed by atoms with Gasteiger partial charge in [0, 0.05) is 18.3 Å². The molecule has 0 aliphatic heterocycles. The molecule has 0 radical (unpaired) electrons. The summed E-state index contributed by atoms with van der Waals surface area (Å²) in [4.78, 5) is 5.17. The van der Waals surface area contributed by atoms with Gasteiger partial charge in [0.25, 0.3) is 0 Å². The predicted octanol–water partition coefficient (Wildman–Crippen LogP) is 3.92. The molecule has 3 nitrogen and oxygen atoms in total. The van der Waals surface area contributed by atoms with Gasteiger partial charge in [-0.25, -0.2) is 9.37 Å². The quantitative estimate of drug-likeness (QED) is 0.842. The van der Waals surface area contributed by atoms with Crippen molar-refractivity contribution in [3.05, 3.63) is 45.7 Å². The van der Waals surface area contributed by atoms with Crippen molar-refractivity contribution in [2.24, 2.45) is 5.92 Å². The number of nitrogens with one attached hydrogen (secondary N) is 1. The summed E-state index contributed by atoms with van der Waals surface area (Å²) in [5.41, 5.74) is 0.844. The maximum atomic E-state index is 14.0. The number of aryl methyl sites for hydroxylation is 1. The minimum absolute atomic E-state index is 0.319. The Balaban J connectivity index is 2.02. The molecule has 1 aromatic heterocycles. The lowest BCUT2D eigenvalue weighted by molar-refractivity contribution is 0.289. The van der Waals surface area contributed by atoms with Gasteiger partial charge in [0.2, 0.25) is 0 Å². The van der Waals surface area contributed by atoms with Crippen molar-refractivity contribution in [1.82, 2.24) is 10.3 Å². The monoisotopic (exact) mass is 308 g/mol. The largest absolute Gasteiger partial charge is 0.485 e. The number of rotatable bonds is 7. The topological polar surface area (TPSA) is 34.1 Å². The van der Waals surface area contributed by atoms with Crippen molar-refractivity contribution >= 4 is 11.3 Å². The molecule has 0 aliphatic rings. The zero-order valence-electron chi connectivity index (χ0n) is 12.6. The molecule has 1 N–H and O–H groups in total. The number of halogens is 1. The van der Waals surface area contributed by atoms with Crippen LogP contribution in [0.2, 0.25) is 0 Å². The SMILES string of the molecule is Cc1ncc(COc2c(F)cccc2CNCC(C)C)s1. The molecule has 0 saturated heterocycles. The highest BCUT2D eigenvalue weighted by Gasteiger charge is 2.11. The number of thiazole rings is 1. The first-order chi connectivity index (χ1) is 10.1. The number of hydrogen-bond acceptors (Lipinski definition) is 4. The van der Waals surface area contributed by atoms with Crippen molar-refractivity contribution in [2.75, 3.05) is 6.54 Å². The molecule has 0 atom stereocenters. The minimum atomic E-state index is -0.319. The molecule has 1 heterocycles. The molecule has 0 saturated carbocycles. The summed E-state index contributed by atoms with van der Waals surface area (Å²) in [5.74, 6) is 0.572. The first kappa shape index (κ1) is 15.9. The van der Waals surface area contributed by atoms with E-state index in [1.807, 2.05) is 13.0 Å². The van der Waals surface area contributed by atoms with Gasteiger partial charge in [-0.1, -0.05) is 26.0 Å². The van der Waals surface area contributed by atoms with E-state index in [9.17, 15) is 4.39 Å². The highest BCUT2D eigenvalue weighted by molar-refractivity contribution is 7.11. The molecule has 1 aromatic carbocycles. The van der Waals surface area contributed by atoms with Crippen LogP contribution in [0.4, 0.5) is 4.39 Å². The van der Waals surface area contributed by atoms with Gasteiger partial charge in [0.15, 0.2) is 11.6 Å². The third-order valence-corrected chi connectivity index (χ3v) is 3.83. The average Bonchev–Trinajstić information content (AvgIpc) is 2.83. The Morgan fingerprint density at radius 1 is 1.38 bits per heavy atom. The van der Waals surface area contributed by atoms with Gasteiger partial charge in [-0.15, -0.1) is 11.3 Å². The molecule has 0 aliphatic carbocycles. The number of ether oxygens (including phenoxy) is 1. The van der Waals surface area contributed by atoms with Crippen LogP contribution in [0, 0.1) is 18.7 Å². The van der Waals surface area contributed by atoms with Gasteiger partial charge >= 0.3 is 0 Å². The Bertz CT molecular complexity index is 583. The summed E-state index contributed by atoms with van der Waals surface area (Å²) in [6.45, 7) is 8.07. The average molecular weight is 308 g/mol. The van der Waals surface area contributed by atoms with E-state index < -0.39 is 0 Å². The Kier molecular flexibility index (Phi) is 5.70. The first-order valence-electron chi connectivity index (χ1n) is 7.08. The predicted molar refractivity (Wildman–Crippen MR) is 84.1 cm³/mol. The van der Waals surface area contributed by atoms with Gasteiger partial charge in [0.05, 0.1) is 9.88 Å². The summed E-state index contributed by atoms with van der Waals surface area (Å²) in [6.07, 6.45) is 1.78. The molecule has 2 rings (SSSR count). The molecule has 0 fully saturated rings. The normalized spacial score (nSPS) is 11.1. The Hall–Kier alpha value is -1.46. The maximum absolute atomic E-state index is 14.0. The zero-order valence-corrected chi connectivity index (χ0v) is 13.5. The highest BCUT2D eigenvalue weighted by atomic mass is 32.1. The summed E-state index contributed by atoms with van der Waals surface area (Å²) in [7, 11) is 0. The fraction of sp³-hybridized carbons (Fsp3) is 0.438. The molecule has 21 heavy (non-hydrogen) atoms. The van der Waals surface area contributed by atoms with Gasteiger partial charge in [0.1, 0.15) is 6.61 Å². The zero-order chi connectivity index (χ0) is 15.2. The van der Waals surface area contributed by atoms with Crippen LogP contribution in [0.5, 0.6) is 5.75 Å². The molecule has 2 aromatic rings. The second-order valence-electron chi connectivity index (χ2n) is 5.39. The van der Waals surface area contributed by atoms with E-state index >= 15 is 0 Å². The fourth-order valence-electron chi connectivity index (χ4n) is 1.97. The Labute approximate surface area is 129 Å². The van der Waals surface area contributed by atoms with Gasteiger partial charge in [-0.2, -0.15) is 0 Å². The minimum Gasteiger partial charge on any atom is -0.485 e. The van der Waals surface area contributed by atoms with Gasteiger partial charge in [-0.3, -0.25) is 0 Å². The lowest BCUT2D eigenvalue weighted by Gasteiger charge is -2.13. The van der Waals surface area contributed by atoms with Crippen LogP contribution in [0.15, 0.2) is 24.4 Å². The molecule has 0 amide bonds. The van der Waals surface area contributed by atoms with E-state index in [2.05, 4.69) is 24.1 Å². The summed E-state index contributed by atoms with van der Waals surface area (Å²) < 4.78 is 19.7. The van der Waals surface area contributed by atoms with E-state index in [4.69, 9.17) is 4.74 Å². The van der Waals surface area contributed by atoms with Crippen LogP contribution >= 0.6 is 11.3 Å². The van der Waals surface area contributed by atoms with Gasteiger partial charge < -0.3 is 10.1 Å². The highest BCUT2D eigenvalue weighted by Crippen LogP contribution is 2.24. The fourth-order valence-corrected chi connectivity index (χ4v) is 2.67. The van der Waals surface area contributed by atoms with Crippen LogP contribution in [0.1, 0.15) is 29.3 Å². The van der Waals surface area contributed by atoms with Gasteiger partial charge in [-0.05, 0) is 25.5 Å². The molecule has 0 bridgehead atoms. The number of hydrogen-bond donors (Lipinski definition) is 1. The van der Waals surface area contributed by atoms with E-state index in [-0.39, 0.29) is 5.82 Å². The van der Waals surface area contributed by atoms with Crippen molar-refractivity contribution in [3.8, 4) is 5.75 Å². The number of nitrogens with zero attached hydrogens (tertiary/aromatic N) is 1. The Morgan fingerprint density at radius 3 is 2.86 bits per heavy atom. The molecule has 5 heteroatoms. The molecule has 0 unspecified atom stereocenters. The van der Waals surface area contributed by atoms with Crippen LogP contribution < -0.4 is 10.1 Å².